The fourth-order valence-corrected chi connectivity index (χ4v) is 5.56. The fraction of sp³-hybridized carbons (Fsp3) is 0.333. The van der Waals surface area contributed by atoms with Crippen LogP contribution in [0.25, 0.3) is 21.9 Å². The average molecular weight is 526 g/mol. The van der Waals surface area contributed by atoms with E-state index in [4.69, 9.17) is 14.2 Å². The molecule has 0 N–H and O–H groups in total. The number of hydrogen-bond donors (Lipinski definition) is 0. The van der Waals surface area contributed by atoms with E-state index in [1.54, 1.807) is 21.3 Å². The lowest BCUT2D eigenvalue weighted by Gasteiger charge is -2.17. The third-order valence-electron chi connectivity index (χ3n) is 7.93. The van der Waals surface area contributed by atoms with Crippen molar-refractivity contribution in [3.8, 4) is 28.4 Å². The predicted octanol–water partition coefficient (Wildman–Crippen LogP) is 6.02. The summed E-state index contributed by atoms with van der Waals surface area (Å²) in [7, 11) is 4.81. The minimum atomic E-state index is -0.0622. The number of benzene rings is 3. The standard InChI is InChI=1S/C33H35NO5/c1-21-6-5-7-23(21)17-29(35)27-12-13-34(20-27)32(36)15-22-8-9-25-16-26(11-10-24(25)14-22)28-18-30(37-2)33(39-4)31(19-28)38-3/h5-11,14,16,18-19,21,27H,12-13,15,17,20H2,1-4H3. The van der Waals surface area contributed by atoms with Crippen LogP contribution in [0.5, 0.6) is 17.2 Å². The van der Waals surface area contributed by atoms with E-state index in [0.29, 0.717) is 49.1 Å². The first-order chi connectivity index (χ1) is 18.9. The summed E-state index contributed by atoms with van der Waals surface area (Å²) in [6, 6.07) is 16.3. The first-order valence-electron chi connectivity index (χ1n) is 13.4. The molecule has 6 heteroatoms. The number of methoxy groups -OCH3 is 3. The molecule has 2 atom stereocenters. The van der Waals surface area contributed by atoms with Crippen LogP contribution in [-0.4, -0.2) is 51.0 Å². The molecule has 3 aromatic carbocycles. The van der Waals surface area contributed by atoms with E-state index < -0.39 is 0 Å². The molecular formula is C33H35NO5. The van der Waals surface area contributed by atoms with Gasteiger partial charge >= 0.3 is 0 Å². The summed E-state index contributed by atoms with van der Waals surface area (Å²) in [6.45, 7) is 3.29. The summed E-state index contributed by atoms with van der Waals surface area (Å²) < 4.78 is 16.5. The summed E-state index contributed by atoms with van der Waals surface area (Å²) in [5, 5.41) is 2.15. The lowest BCUT2D eigenvalue weighted by Crippen LogP contribution is -2.31. The number of ether oxygens (including phenoxy) is 3. The van der Waals surface area contributed by atoms with Gasteiger partial charge in [0.2, 0.25) is 11.7 Å². The van der Waals surface area contributed by atoms with E-state index in [1.165, 1.54) is 5.57 Å². The van der Waals surface area contributed by atoms with E-state index in [1.807, 2.05) is 35.3 Å². The molecule has 1 fully saturated rings. The van der Waals surface area contributed by atoms with Crippen molar-refractivity contribution in [2.24, 2.45) is 11.8 Å². The Hall–Kier alpha value is -4.06. The third kappa shape index (κ3) is 5.56. The van der Waals surface area contributed by atoms with Gasteiger partial charge in [0.15, 0.2) is 11.5 Å². The van der Waals surface area contributed by atoms with Crippen molar-refractivity contribution < 1.29 is 23.8 Å². The van der Waals surface area contributed by atoms with Gasteiger partial charge in [0.25, 0.3) is 0 Å². The van der Waals surface area contributed by atoms with Crippen LogP contribution in [0, 0.1) is 11.8 Å². The van der Waals surface area contributed by atoms with Gasteiger partial charge in [0.1, 0.15) is 5.78 Å². The van der Waals surface area contributed by atoms with Crippen LogP contribution in [0.3, 0.4) is 0 Å². The maximum Gasteiger partial charge on any atom is 0.227 e. The summed E-state index contributed by atoms with van der Waals surface area (Å²) >= 11 is 0. The van der Waals surface area contributed by atoms with Gasteiger partial charge in [-0.25, -0.2) is 0 Å². The van der Waals surface area contributed by atoms with E-state index in [9.17, 15) is 9.59 Å². The quantitative estimate of drug-likeness (QED) is 0.342. The zero-order valence-corrected chi connectivity index (χ0v) is 23.0. The molecule has 1 heterocycles. The second-order valence-corrected chi connectivity index (χ2v) is 10.4. The zero-order chi connectivity index (χ0) is 27.5. The second kappa shape index (κ2) is 11.4. The lowest BCUT2D eigenvalue weighted by atomic mass is 9.93. The van der Waals surface area contributed by atoms with E-state index in [-0.39, 0.29) is 17.6 Å². The Bertz CT molecular complexity index is 1450. The van der Waals surface area contributed by atoms with Crippen LogP contribution in [0.15, 0.2) is 72.3 Å². The molecule has 1 saturated heterocycles. The third-order valence-corrected chi connectivity index (χ3v) is 7.93. The van der Waals surface area contributed by atoms with Crippen molar-refractivity contribution in [3.05, 3.63) is 77.9 Å². The highest BCUT2D eigenvalue weighted by atomic mass is 16.5. The van der Waals surface area contributed by atoms with Crippen LogP contribution >= 0.6 is 0 Å². The monoisotopic (exact) mass is 525 g/mol. The van der Waals surface area contributed by atoms with E-state index in [0.717, 1.165) is 33.9 Å². The van der Waals surface area contributed by atoms with Crippen molar-refractivity contribution in [1.82, 2.24) is 4.90 Å². The number of nitrogens with zero attached hydrogens (tertiary/aromatic N) is 1. The molecule has 2 unspecified atom stereocenters. The Labute approximate surface area is 229 Å². The molecule has 202 valence electrons. The summed E-state index contributed by atoms with van der Waals surface area (Å²) in [4.78, 5) is 27.8. The minimum Gasteiger partial charge on any atom is -0.493 e. The molecule has 0 radical (unpaired) electrons. The van der Waals surface area contributed by atoms with Crippen LogP contribution in [-0.2, 0) is 16.0 Å². The number of allylic oxidation sites excluding steroid dienone is 4. The zero-order valence-electron chi connectivity index (χ0n) is 23.0. The minimum absolute atomic E-state index is 0.0622. The fourth-order valence-electron chi connectivity index (χ4n) is 5.56. The van der Waals surface area contributed by atoms with Gasteiger partial charge in [-0.2, -0.15) is 0 Å². The molecule has 1 aliphatic carbocycles. The molecule has 0 bridgehead atoms. The summed E-state index contributed by atoms with van der Waals surface area (Å²) in [6.07, 6.45) is 7.76. The Morgan fingerprint density at radius 1 is 0.872 bits per heavy atom. The first kappa shape index (κ1) is 26.5. The molecule has 0 spiro atoms. The maximum atomic E-state index is 13.1. The number of rotatable bonds is 9. The molecule has 1 amide bonds. The SMILES string of the molecule is COc1cc(-c2ccc3cc(CC(=O)N4CCC(C(=O)CC5=CC=CC5C)C4)ccc3c2)cc(OC)c1OC. The highest BCUT2D eigenvalue weighted by Crippen LogP contribution is 2.41. The average Bonchev–Trinajstić information content (AvgIpc) is 3.61. The molecule has 39 heavy (non-hydrogen) atoms. The van der Waals surface area contributed by atoms with E-state index >= 15 is 0 Å². The van der Waals surface area contributed by atoms with Gasteiger partial charge in [0, 0.05) is 25.4 Å². The van der Waals surface area contributed by atoms with Crippen LogP contribution < -0.4 is 14.2 Å². The molecule has 6 nitrogen and oxygen atoms in total. The number of ketones is 1. The number of carbonyl (C=O) groups is 2. The highest BCUT2D eigenvalue weighted by molar-refractivity contribution is 5.90. The van der Waals surface area contributed by atoms with Gasteiger partial charge < -0.3 is 19.1 Å². The maximum absolute atomic E-state index is 13.1. The van der Waals surface area contributed by atoms with Crippen molar-refractivity contribution in [3.63, 3.8) is 0 Å². The largest absolute Gasteiger partial charge is 0.493 e. The Morgan fingerprint density at radius 3 is 2.26 bits per heavy atom. The topological polar surface area (TPSA) is 65.1 Å². The highest BCUT2D eigenvalue weighted by Gasteiger charge is 2.31. The van der Waals surface area contributed by atoms with Gasteiger partial charge in [-0.05, 0) is 58.0 Å². The van der Waals surface area contributed by atoms with E-state index in [2.05, 4.69) is 43.3 Å². The Morgan fingerprint density at radius 2 is 1.59 bits per heavy atom. The van der Waals surface area contributed by atoms with Crippen molar-refractivity contribution in [2.75, 3.05) is 34.4 Å². The molecule has 5 rings (SSSR count). The van der Waals surface area contributed by atoms with Gasteiger partial charge in [-0.15, -0.1) is 0 Å². The van der Waals surface area contributed by atoms with Crippen LogP contribution in [0.4, 0.5) is 0 Å². The van der Waals surface area contributed by atoms with Crippen molar-refractivity contribution >= 4 is 22.5 Å². The first-order valence-corrected chi connectivity index (χ1v) is 13.4. The van der Waals surface area contributed by atoms with Gasteiger partial charge in [-0.1, -0.05) is 61.1 Å². The molecule has 3 aromatic rings. The van der Waals surface area contributed by atoms with Crippen molar-refractivity contribution in [2.45, 2.75) is 26.2 Å². The van der Waals surface area contributed by atoms with Crippen molar-refractivity contribution in [1.29, 1.82) is 0 Å². The molecule has 2 aliphatic rings. The molecule has 0 saturated carbocycles. The second-order valence-electron chi connectivity index (χ2n) is 10.4. The Balaban J connectivity index is 1.26. The number of carbonyl (C=O) groups excluding carboxylic acids is 2. The number of fused-ring (bicyclic) bond motifs is 1. The number of amides is 1. The molecular weight excluding hydrogens is 490 g/mol. The number of Topliss-reactive ketones (excluding diaryl/α,β-unsaturated/α-hetero) is 1. The Kier molecular flexibility index (Phi) is 7.73. The van der Waals surface area contributed by atoms with Crippen LogP contribution in [0.1, 0.15) is 25.3 Å². The van der Waals surface area contributed by atoms with Gasteiger partial charge in [0.05, 0.1) is 27.8 Å². The molecule has 0 aromatic heterocycles. The smallest absolute Gasteiger partial charge is 0.227 e. The number of hydrogen-bond acceptors (Lipinski definition) is 5. The predicted molar refractivity (Wildman–Crippen MR) is 153 cm³/mol. The normalized spacial score (nSPS) is 18.4. The van der Waals surface area contributed by atoms with Gasteiger partial charge in [-0.3, -0.25) is 9.59 Å². The number of likely N-dealkylation sites (tertiary alicyclic amines) is 1. The molecule has 1 aliphatic heterocycles. The summed E-state index contributed by atoms with van der Waals surface area (Å²) in [5.74, 6) is 2.37. The lowest BCUT2D eigenvalue weighted by molar-refractivity contribution is -0.129. The van der Waals surface area contributed by atoms with Crippen LogP contribution in [0.2, 0.25) is 0 Å². The summed E-state index contributed by atoms with van der Waals surface area (Å²) in [5.41, 5.74) is 4.13.